The van der Waals surface area contributed by atoms with Gasteiger partial charge in [0.1, 0.15) is 5.69 Å². The van der Waals surface area contributed by atoms with Crippen molar-refractivity contribution in [3.8, 4) is 0 Å². The van der Waals surface area contributed by atoms with E-state index in [1.54, 1.807) is 25.1 Å². The molecule has 1 aromatic heterocycles. The van der Waals surface area contributed by atoms with E-state index in [1.165, 1.54) is 6.07 Å². The van der Waals surface area contributed by atoms with Gasteiger partial charge in [-0.15, -0.1) is 0 Å². The molecule has 0 bridgehead atoms. The monoisotopic (exact) mass is 340 g/mol. The molecule has 2 amide bonds. The van der Waals surface area contributed by atoms with Crippen LogP contribution in [-0.2, 0) is 0 Å². The number of H-pyrrole nitrogens is 1. The summed E-state index contributed by atoms with van der Waals surface area (Å²) in [5, 5.41) is 12.6. The Morgan fingerprint density at radius 3 is 2.36 bits per heavy atom. The molecule has 1 aromatic carbocycles. The molecule has 0 saturated heterocycles. The summed E-state index contributed by atoms with van der Waals surface area (Å²) in [4.78, 5) is 23.6. The van der Waals surface area contributed by atoms with Gasteiger partial charge in [-0.05, 0) is 31.2 Å². The minimum atomic E-state index is -0.298. The first-order valence-corrected chi connectivity index (χ1v) is 7.26. The third-order valence-corrected chi connectivity index (χ3v) is 3.56. The average molecular weight is 341 g/mol. The lowest BCUT2D eigenvalue weighted by molar-refractivity contribution is 0.0925. The summed E-state index contributed by atoms with van der Waals surface area (Å²) in [7, 11) is 0. The number of nitrogens with zero attached hydrogens (tertiary/aromatic N) is 1. The zero-order chi connectivity index (χ0) is 16.1. The Morgan fingerprint density at radius 1 is 1.09 bits per heavy atom. The molecule has 0 aliphatic heterocycles. The van der Waals surface area contributed by atoms with Gasteiger partial charge in [-0.3, -0.25) is 14.7 Å². The van der Waals surface area contributed by atoms with E-state index in [0.717, 1.165) is 5.69 Å². The summed E-state index contributed by atoms with van der Waals surface area (Å²) in [6.45, 7) is 2.38. The highest BCUT2D eigenvalue weighted by atomic mass is 35.5. The molecule has 8 heteroatoms. The van der Waals surface area contributed by atoms with E-state index in [-0.39, 0.29) is 24.9 Å². The van der Waals surface area contributed by atoms with Crippen LogP contribution in [0.15, 0.2) is 24.3 Å². The van der Waals surface area contributed by atoms with Gasteiger partial charge >= 0.3 is 0 Å². The van der Waals surface area contributed by atoms with Gasteiger partial charge in [-0.2, -0.15) is 5.10 Å². The molecule has 2 rings (SSSR count). The molecule has 0 aliphatic rings. The average Bonchev–Trinajstić information content (AvgIpc) is 2.92. The number of carbonyl (C=O) groups is 2. The van der Waals surface area contributed by atoms with Gasteiger partial charge in [0.15, 0.2) is 0 Å². The van der Waals surface area contributed by atoms with Gasteiger partial charge in [-0.25, -0.2) is 0 Å². The first-order valence-electron chi connectivity index (χ1n) is 6.51. The molecule has 116 valence electrons. The van der Waals surface area contributed by atoms with Gasteiger partial charge in [0.2, 0.25) is 0 Å². The summed E-state index contributed by atoms with van der Waals surface area (Å²) < 4.78 is 0. The van der Waals surface area contributed by atoms with E-state index < -0.39 is 0 Å². The normalized spacial score (nSPS) is 10.3. The van der Waals surface area contributed by atoms with Crippen LogP contribution in [0.5, 0.6) is 0 Å². The summed E-state index contributed by atoms with van der Waals surface area (Å²) in [6, 6.07) is 6.27. The van der Waals surface area contributed by atoms with Crippen molar-refractivity contribution >= 4 is 35.0 Å². The molecule has 2 aromatic rings. The van der Waals surface area contributed by atoms with Crippen molar-refractivity contribution in [1.29, 1.82) is 0 Å². The van der Waals surface area contributed by atoms with Crippen molar-refractivity contribution in [3.05, 3.63) is 51.3 Å². The van der Waals surface area contributed by atoms with Crippen molar-refractivity contribution in [1.82, 2.24) is 20.8 Å². The van der Waals surface area contributed by atoms with Crippen LogP contribution in [0, 0.1) is 6.92 Å². The summed E-state index contributed by atoms with van der Waals surface area (Å²) >= 11 is 11.6. The molecule has 0 spiro atoms. The quantitative estimate of drug-likeness (QED) is 0.729. The number of hydrogen-bond acceptors (Lipinski definition) is 3. The molecule has 3 N–H and O–H groups in total. The summed E-state index contributed by atoms with van der Waals surface area (Å²) in [5.74, 6) is -0.587. The van der Waals surface area contributed by atoms with Crippen molar-refractivity contribution in [2.75, 3.05) is 13.1 Å². The third kappa shape index (κ3) is 4.22. The molecule has 0 radical (unpaired) electrons. The minimum absolute atomic E-state index is 0.286. The molecular weight excluding hydrogens is 327 g/mol. The predicted molar refractivity (Wildman–Crippen MR) is 84.5 cm³/mol. The maximum Gasteiger partial charge on any atom is 0.271 e. The Hall–Kier alpha value is -2.05. The fourth-order valence-corrected chi connectivity index (χ4v) is 2.01. The van der Waals surface area contributed by atoms with E-state index in [2.05, 4.69) is 20.8 Å². The lowest BCUT2D eigenvalue weighted by Gasteiger charge is -2.07. The maximum absolute atomic E-state index is 11.9. The van der Waals surface area contributed by atoms with Crippen LogP contribution in [0.25, 0.3) is 0 Å². The second kappa shape index (κ2) is 7.29. The number of carbonyl (C=O) groups excluding carboxylic acids is 2. The van der Waals surface area contributed by atoms with Crippen LogP contribution in [0.4, 0.5) is 0 Å². The summed E-state index contributed by atoms with van der Waals surface area (Å²) in [6.07, 6.45) is 0. The Morgan fingerprint density at radius 2 is 1.77 bits per heavy atom. The second-order valence-electron chi connectivity index (χ2n) is 4.58. The van der Waals surface area contributed by atoms with Crippen LogP contribution >= 0.6 is 23.2 Å². The Bertz CT molecular complexity index is 700. The van der Waals surface area contributed by atoms with Crippen LogP contribution in [0.1, 0.15) is 26.5 Å². The van der Waals surface area contributed by atoms with Crippen LogP contribution in [0.3, 0.4) is 0 Å². The molecule has 0 aliphatic carbocycles. The molecule has 22 heavy (non-hydrogen) atoms. The number of aromatic nitrogens is 2. The SMILES string of the molecule is Cc1cc(C(=O)NCCNC(=O)c2ccc(Cl)c(Cl)c2)n[nH]1. The number of aryl methyl sites for hydroxylation is 1. The van der Waals surface area contributed by atoms with Gasteiger partial charge in [0.25, 0.3) is 11.8 Å². The minimum Gasteiger partial charge on any atom is -0.350 e. The lowest BCUT2D eigenvalue weighted by atomic mass is 10.2. The Balaban J connectivity index is 1.77. The van der Waals surface area contributed by atoms with E-state index in [4.69, 9.17) is 23.2 Å². The van der Waals surface area contributed by atoms with E-state index in [1.807, 2.05) is 0 Å². The third-order valence-electron chi connectivity index (χ3n) is 2.82. The Kier molecular flexibility index (Phi) is 5.41. The standard InChI is InChI=1S/C14H14Cl2N4O2/c1-8-6-12(20-19-8)14(22)18-5-4-17-13(21)9-2-3-10(15)11(16)7-9/h2-3,6-7H,4-5H2,1H3,(H,17,21)(H,18,22)(H,19,20). The van der Waals surface area contributed by atoms with Crippen molar-refractivity contribution < 1.29 is 9.59 Å². The topological polar surface area (TPSA) is 86.9 Å². The summed E-state index contributed by atoms with van der Waals surface area (Å²) in [5.41, 5.74) is 1.52. The molecule has 0 saturated carbocycles. The largest absolute Gasteiger partial charge is 0.350 e. The number of benzene rings is 1. The Labute approximate surface area is 137 Å². The van der Waals surface area contributed by atoms with Crippen molar-refractivity contribution in [2.24, 2.45) is 0 Å². The highest BCUT2D eigenvalue weighted by molar-refractivity contribution is 6.42. The second-order valence-corrected chi connectivity index (χ2v) is 5.39. The molecule has 6 nitrogen and oxygen atoms in total. The van der Waals surface area contributed by atoms with Crippen molar-refractivity contribution in [2.45, 2.75) is 6.92 Å². The molecule has 1 heterocycles. The fourth-order valence-electron chi connectivity index (χ4n) is 1.72. The lowest BCUT2D eigenvalue weighted by Crippen LogP contribution is -2.34. The zero-order valence-electron chi connectivity index (χ0n) is 11.7. The fraction of sp³-hybridized carbons (Fsp3) is 0.214. The molecule has 0 unspecified atom stereocenters. The number of halogens is 2. The first kappa shape index (κ1) is 16.3. The van der Waals surface area contributed by atoms with E-state index in [0.29, 0.717) is 21.3 Å². The van der Waals surface area contributed by atoms with Gasteiger partial charge in [-0.1, -0.05) is 23.2 Å². The number of nitrogens with one attached hydrogen (secondary N) is 3. The van der Waals surface area contributed by atoms with Crippen LogP contribution < -0.4 is 10.6 Å². The van der Waals surface area contributed by atoms with Gasteiger partial charge in [0.05, 0.1) is 10.0 Å². The van der Waals surface area contributed by atoms with Crippen molar-refractivity contribution in [3.63, 3.8) is 0 Å². The van der Waals surface area contributed by atoms with Gasteiger partial charge < -0.3 is 10.6 Å². The molecular formula is C14H14Cl2N4O2. The van der Waals surface area contributed by atoms with Crippen LogP contribution in [-0.4, -0.2) is 35.1 Å². The highest BCUT2D eigenvalue weighted by Gasteiger charge is 2.10. The van der Waals surface area contributed by atoms with E-state index in [9.17, 15) is 9.59 Å². The van der Waals surface area contributed by atoms with Crippen LogP contribution in [0.2, 0.25) is 10.0 Å². The predicted octanol–water partition coefficient (Wildman–Crippen LogP) is 2.18. The number of amides is 2. The maximum atomic E-state index is 11.9. The zero-order valence-corrected chi connectivity index (χ0v) is 13.3. The molecule has 0 fully saturated rings. The van der Waals surface area contributed by atoms with Gasteiger partial charge in [0, 0.05) is 24.3 Å². The number of aromatic amines is 1. The molecule has 0 atom stereocenters. The number of hydrogen-bond donors (Lipinski definition) is 3. The van der Waals surface area contributed by atoms with E-state index >= 15 is 0 Å². The number of rotatable bonds is 5. The highest BCUT2D eigenvalue weighted by Crippen LogP contribution is 2.22. The smallest absolute Gasteiger partial charge is 0.271 e. The first-order chi connectivity index (χ1) is 10.5.